The molecule has 2 aromatic heterocycles. The van der Waals surface area contributed by atoms with Crippen LogP contribution in [0.25, 0.3) is 11.0 Å². The fourth-order valence-corrected chi connectivity index (χ4v) is 11.9. The van der Waals surface area contributed by atoms with Gasteiger partial charge < -0.3 is 34.6 Å². The molecule has 2 atom stereocenters. The van der Waals surface area contributed by atoms with Crippen LogP contribution in [0, 0.1) is 5.92 Å². The number of nitrogens with zero attached hydrogens (tertiary/aromatic N) is 8. The summed E-state index contributed by atoms with van der Waals surface area (Å²) in [5.74, 6) is 1.65. The van der Waals surface area contributed by atoms with Crippen molar-refractivity contribution in [2.75, 3.05) is 99.8 Å². The third-order valence-electron chi connectivity index (χ3n) is 13.6. The van der Waals surface area contributed by atoms with Crippen LogP contribution in [-0.2, 0) is 20.6 Å². The molecule has 15 nitrogen and oxygen atoms in total. The van der Waals surface area contributed by atoms with Crippen LogP contribution < -0.4 is 35.8 Å². The zero-order valence-electron chi connectivity index (χ0n) is 37.7. The largest absolute Gasteiger partial charge is 0.494 e. The summed E-state index contributed by atoms with van der Waals surface area (Å²) in [6, 6.07) is 17.0. The van der Waals surface area contributed by atoms with Crippen molar-refractivity contribution in [3.05, 3.63) is 82.7 Å². The zero-order chi connectivity index (χ0) is 45.2. The summed E-state index contributed by atoms with van der Waals surface area (Å²) in [5, 5.41) is 9.94. The second-order valence-electron chi connectivity index (χ2n) is 18.2. The molecule has 4 saturated heterocycles. The number of benzene rings is 3. The van der Waals surface area contributed by atoms with Crippen molar-refractivity contribution in [2.45, 2.75) is 57.4 Å². The first-order chi connectivity index (χ1) is 31.4. The summed E-state index contributed by atoms with van der Waals surface area (Å²) in [7, 11) is -1.07. The molecule has 3 aromatic carbocycles. The van der Waals surface area contributed by atoms with E-state index in [1.807, 2.05) is 18.2 Å². The minimum absolute atomic E-state index is 0.173. The summed E-state index contributed by atoms with van der Waals surface area (Å²) in [4.78, 5) is 52.9. The quantitative estimate of drug-likeness (QED) is 0.0808. The van der Waals surface area contributed by atoms with Crippen LogP contribution in [0.3, 0.4) is 0 Å². The van der Waals surface area contributed by atoms with Gasteiger partial charge in [-0.25, -0.2) is 4.98 Å². The smallest absolute Gasteiger partial charge is 0.234 e. The van der Waals surface area contributed by atoms with E-state index >= 15 is 0 Å². The Morgan fingerprint density at radius 2 is 1.66 bits per heavy atom. The Labute approximate surface area is 389 Å². The van der Waals surface area contributed by atoms with Gasteiger partial charge in [0, 0.05) is 107 Å². The molecule has 342 valence electrons. The number of halogens is 1. The van der Waals surface area contributed by atoms with Gasteiger partial charge in [0.05, 0.1) is 39.7 Å². The van der Waals surface area contributed by atoms with E-state index in [0.29, 0.717) is 63.1 Å². The second kappa shape index (κ2) is 19.4. The Balaban J connectivity index is 0.785. The summed E-state index contributed by atoms with van der Waals surface area (Å²) in [6.07, 6.45) is 10.2. The van der Waals surface area contributed by atoms with Gasteiger partial charge in [-0.15, -0.1) is 0 Å². The van der Waals surface area contributed by atoms with Gasteiger partial charge >= 0.3 is 0 Å². The molecule has 4 fully saturated rings. The highest BCUT2D eigenvalue weighted by atomic mass is 79.9. The predicted octanol–water partition coefficient (Wildman–Crippen LogP) is 7.12. The molecule has 0 bridgehead atoms. The molecular formula is C48H59BrN11O4P. The van der Waals surface area contributed by atoms with Gasteiger partial charge in [0.25, 0.3) is 0 Å². The highest BCUT2D eigenvalue weighted by Crippen LogP contribution is 2.42. The Morgan fingerprint density at radius 3 is 2.42 bits per heavy atom. The van der Waals surface area contributed by atoms with Gasteiger partial charge in [0.1, 0.15) is 24.2 Å². The maximum absolute atomic E-state index is 13.5. The van der Waals surface area contributed by atoms with Crippen LogP contribution in [0.15, 0.2) is 71.6 Å². The van der Waals surface area contributed by atoms with Crippen molar-refractivity contribution < 1.29 is 18.9 Å². The maximum atomic E-state index is 13.5. The van der Waals surface area contributed by atoms with Crippen LogP contribution in [0.5, 0.6) is 5.75 Å². The molecule has 2 amide bonds. The predicted molar refractivity (Wildman–Crippen MR) is 262 cm³/mol. The molecule has 3 N–H and O–H groups in total. The highest BCUT2D eigenvalue weighted by molar-refractivity contribution is 9.10. The second-order valence-corrected chi connectivity index (χ2v) is 22.2. The lowest BCUT2D eigenvalue weighted by molar-refractivity contribution is -0.134. The molecule has 65 heavy (non-hydrogen) atoms. The monoisotopic (exact) mass is 963 g/mol. The molecule has 17 heteroatoms. The molecular weight excluding hydrogens is 905 g/mol. The molecule has 4 aliphatic rings. The maximum Gasteiger partial charge on any atom is 0.234 e. The number of fused-ring (bicyclic) bond motifs is 1. The number of aromatic nitrogens is 4. The van der Waals surface area contributed by atoms with E-state index in [0.717, 1.165) is 95.2 Å². The number of hydrogen-bond donors (Lipinski definition) is 3. The molecule has 0 radical (unpaired) electrons. The van der Waals surface area contributed by atoms with Crippen LogP contribution in [0.4, 0.5) is 34.5 Å². The van der Waals surface area contributed by atoms with Crippen LogP contribution in [-0.4, -0.2) is 127 Å². The van der Waals surface area contributed by atoms with E-state index in [-0.39, 0.29) is 17.7 Å². The van der Waals surface area contributed by atoms with Crippen LogP contribution >= 0.6 is 23.1 Å². The van der Waals surface area contributed by atoms with Crippen LogP contribution in [0.1, 0.15) is 56.1 Å². The Bertz CT molecular complexity index is 2610. The molecule has 0 spiro atoms. The normalized spacial score (nSPS) is 20.3. The number of methoxy groups -OCH3 is 1. The number of amides is 2. The minimum Gasteiger partial charge on any atom is -0.494 e. The van der Waals surface area contributed by atoms with E-state index in [1.165, 1.54) is 23.4 Å². The fourth-order valence-electron chi connectivity index (χ4n) is 10.2. The van der Waals surface area contributed by atoms with Gasteiger partial charge in [0.15, 0.2) is 0 Å². The molecule has 1 unspecified atom stereocenters. The molecule has 0 saturated carbocycles. The molecule has 0 aliphatic carbocycles. The SMILES string of the molecule is CCc1cc(Nc2ncc(Br)c(Nc3ccc4nccnc4c3P(C)(C)=O)n2)c(OC)cc1N1CCC(N2CCN(C[C@H]3CCN(c4cccc(C5CCC(=O)NC5=O)c4)C3)CC2)CC1. The number of rotatable bonds is 13. The number of hydrogen-bond acceptors (Lipinski definition) is 14. The van der Waals surface area contributed by atoms with Crippen LogP contribution in [0.2, 0.25) is 0 Å². The highest BCUT2D eigenvalue weighted by Gasteiger charge is 2.33. The molecule has 4 aliphatic heterocycles. The number of aryl methyl sites for hydroxylation is 1. The number of imide groups is 1. The third-order valence-corrected chi connectivity index (χ3v) is 15.7. The minimum atomic E-state index is -2.77. The van der Waals surface area contributed by atoms with E-state index in [2.05, 4.69) is 104 Å². The first kappa shape index (κ1) is 45.0. The van der Waals surface area contributed by atoms with E-state index < -0.39 is 7.14 Å². The number of nitrogens with one attached hydrogen (secondary N) is 3. The van der Waals surface area contributed by atoms with E-state index in [1.54, 1.807) is 39.0 Å². The Hall–Kier alpha value is -5.15. The standard InChI is InChI=1S/C48H59BrN11O4P/c1-5-32-26-40(54-48-52-28-37(49)46(56-48)53-39-11-10-38-44(51-17-16-50-38)45(39)65(3,4)63)42(64-2)27-41(32)59-19-14-34(15-20-59)58-23-21-57(22-24-58)29-31-13-18-60(30-31)35-8-6-7-33(25-35)36-9-12-43(61)55-47(36)62/h6-8,10-11,16-17,25-28,31,34,36H,5,9,12-15,18-24,29-30H2,1-4H3,(H,55,61,62)(H2,52,53,54,56)/t31-,36?/m1/s1. The third kappa shape index (κ3) is 10.0. The van der Waals surface area contributed by atoms with Crippen molar-refractivity contribution in [3.8, 4) is 5.75 Å². The van der Waals surface area contributed by atoms with Crippen molar-refractivity contribution in [3.63, 3.8) is 0 Å². The molecule has 5 aromatic rings. The average Bonchev–Trinajstić information content (AvgIpc) is 3.78. The van der Waals surface area contributed by atoms with Crippen molar-refractivity contribution in [1.82, 2.24) is 35.1 Å². The summed E-state index contributed by atoms with van der Waals surface area (Å²) in [6.45, 7) is 15.2. The lowest BCUT2D eigenvalue weighted by Crippen LogP contribution is -2.54. The first-order valence-corrected chi connectivity index (χ1v) is 26.3. The van der Waals surface area contributed by atoms with Crippen molar-refractivity contribution in [1.29, 1.82) is 0 Å². The average molecular weight is 965 g/mol. The summed E-state index contributed by atoms with van der Waals surface area (Å²) in [5.41, 5.74) is 7.34. The summed E-state index contributed by atoms with van der Waals surface area (Å²) < 4.78 is 20.2. The molecule has 6 heterocycles. The lowest BCUT2D eigenvalue weighted by Gasteiger charge is -2.44. The Morgan fingerprint density at radius 1 is 0.877 bits per heavy atom. The topological polar surface area (TPSA) is 161 Å². The number of piperazine rings is 1. The van der Waals surface area contributed by atoms with Gasteiger partial charge in [0.2, 0.25) is 17.8 Å². The fraction of sp³-hybridized carbons (Fsp3) is 0.458. The number of anilines is 6. The summed E-state index contributed by atoms with van der Waals surface area (Å²) >= 11 is 3.61. The van der Waals surface area contributed by atoms with Gasteiger partial charge in [-0.2, -0.15) is 4.98 Å². The number of piperidine rings is 2. The van der Waals surface area contributed by atoms with E-state index in [4.69, 9.17) is 9.72 Å². The van der Waals surface area contributed by atoms with Crippen molar-refractivity contribution in [2.24, 2.45) is 5.92 Å². The lowest BCUT2D eigenvalue weighted by atomic mass is 9.90. The number of ether oxygens (including phenoxy) is 1. The molecule has 9 rings (SSSR count). The number of carbonyl (C=O) groups excluding carboxylic acids is 2. The van der Waals surface area contributed by atoms with Gasteiger partial charge in [-0.1, -0.05) is 19.1 Å². The van der Waals surface area contributed by atoms with Crippen molar-refractivity contribution >= 4 is 85.7 Å². The van der Waals surface area contributed by atoms with E-state index in [9.17, 15) is 14.2 Å². The van der Waals surface area contributed by atoms with Gasteiger partial charge in [-0.3, -0.25) is 29.8 Å². The van der Waals surface area contributed by atoms with Gasteiger partial charge in [-0.05, 0) is 109 Å². The first-order valence-electron chi connectivity index (χ1n) is 22.9. The zero-order valence-corrected chi connectivity index (χ0v) is 40.2. The Kier molecular flexibility index (Phi) is 13.4. The number of carbonyl (C=O) groups is 2.